The van der Waals surface area contributed by atoms with Gasteiger partial charge in [-0.1, -0.05) is 0 Å². The van der Waals surface area contributed by atoms with Gasteiger partial charge in [-0.2, -0.15) is 0 Å². The summed E-state index contributed by atoms with van der Waals surface area (Å²) in [6, 6.07) is 0. The largest absolute Gasteiger partial charge is 0.338 e. The van der Waals surface area contributed by atoms with Crippen LogP contribution in [0.1, 0.15) is 33.1 Å². The van der Waals surface area contributed by atoms with E-state index in [-0.39, 0.29) is 29.9 Å². The fourth-order valence-electron chi connectivity index (χ4n) is 2.93. The molecule has 1 saturated heterocycles. The quantitative estimate of drug-likeness (QED) is 0.709. The molecule has 1 saturated carbocycles. The van der Waals surface area contributed by atoms with Crippen LogP contribution < -0.4 is 0 Å². The summed E-state index contributed by atoms with van der Waals surface area (Å²) >= 11 is 0. The zero-order valence-electron chi connectivity index (χ0n) is 14.4. The van der Waals surface area contributed by atoms with E-state index in [4.69, 9.17) is 0 Å². The van der Waals surface area contributed by atoms with Gasteiger partial charge in [-0.25, -0.2) is 12.7 Å². The molecular weight excluding hydrogens is 318 g/mol. The van der Waals surface area contributed by atoms with Crippen molar-refractivity contribution in [2.24, 2.45) is 5.92 Å². The Kier molecular flexibility index (Phi) is 5.06. The molecule has 0 spiro atoms. The summed E-state index contributed by atoms with van der Waals surface area (Å²) < 4.78 is 24.7. The first-order valence-electron chi connectivity index (χ1n) is 8.04. The fraction of sp³-hybridized carbons (Fsp3) is 0.867. The van der Waals surface area contributed by atoms with Gasteiger partial charge >= 0.3 is 0 Å². The third-order valence-electron chi connectivity index (χ3n) is 4.57. The summed E-state index contributed by atoms with van der Waals surface area (Å²) in [6.45, 7) is 5.36. The van der Waals surface area contributed by atoms with Crippen LogP contribution in [-0.2, 0) is 19.6 Å². The van der Waals surface area contributed by atoms with Gasteiger partial charge in [-0.05, 0) is 26.7 Å². The van der Waals surface area contributed by atoms with E-state index in [0.29, 0.717) is 19.6 Å². The second-order valence-corrected chi connectivity index (χ2v) is 9.54. The van der Waals surface area contributed by atoms with Gasteiger partial charge in [0.1, 0.15) is 0 Å². The Bertz CT molecular complexity index is 582. The zero-order chi connectivity index (χ0) is 17.4. The SMILES string of the molecule is CN(C)S(=O)(=O)CCC(=O)N1CCN(C(=O)C2CC2)CC1(C)C. The van der Waals surface area contributed by atoms with Crippen LogP contribution >= 0.6 is 0 Å². The molecule has 0 N–H and O–H groups in total. The minimum absolute atomic E-state index is 0.0273. The highest BCUT2D eigenvalue weighted by Gasteiger charge is 2.41. The van der Waals surface area contributed by atoms with Gasteiger partial charge in [0, 0.05) is 46.1 Å². The maximum absolute atomic E-state index is 12.4. The van der Waals surface area contributed by atoms with Crippen LogP contribution in [0.5, 0.6) is 0 Å². The minimum atomic E-state index is -3.38. The number of piperazine rings is 1. The Labute approximate surface area is 138 Å². The molecule has 2 aliphatic rings. The van der Waals surface area contributed by atoms with Gasteiger partial charge in [-0.15, -0.1) is 0 Å². The highest BCUT2D eigenvalue weighted by molar-refractivity contribution is 7.89. The van der Waals surface area contributed by atoms with E-state index in [1.807, 2.05) is 18.7 Å². The molecule has 1 heterocycles. The van der Waals surface area contributed by atoms with Crippen LogP contribution in [0.25, 0.3) is 0 Å². The summed E-state index contributed by atoms with van der Waals surface area (Å²) in [6.07, 6.45) is 1.92. The molecule has 2 rings (SSSR count). The lowest BCUT2D eigenvalue weighted by Crippen LogP contribution is -2.62. The monoisotopic (exact) mass is 345 g/mol. The zero-order valence-corrected chi connectivity index (χ0v) is 15.2. The summed E-state index contributed by atoms with van der Waals surface area (Å²) in [5.41, 5.74) is -0.470. The van der Waals surface area contributed by atoms with Crippen molar-refractivity contribution >= 4 is 21.8 Å². The van der Waals surface area contributed by atoms with Crippen LogP contribution in [0.4, 0.5) is 0 Å². The molecule has 0 atom stereocenters. The molecule has 1 aliphatic carbocycles. The van der Waals surface area contributed by atoms with Crippen molar-refractivity contribution in [1.29, 1.82) is 0 Å². The van der Waals surface area contributed by atoms with Gasteiger partial charge in [-0.3, -0.25) is 9.59 Å². The first-order chi connectivity index (χ1) is 10.5. The Morgan fingerprint density at radius 3 is 2.26 bits per heavy atom. The first-order valence-corrected chi connectivity index (χ1v) is 9.65. The first kappa shape index (κ1) is 18.2. The van der Waals surface area contributed by atoms with Crippen LogP contribution in [0.2, 0.25) is 0 Å². The molecule has 0 aromatic rings. The Hall–Kier alpha value is -1.15. The van der Waals surface area contributed by atoms with E-state index in [0.717, 1.165) is 17.1 Å². The van der Waals surface area contributed by atoms with Crippen LogP contribution in [0, 0.1) is 5.92 Å². The van der Waals surface area contributed by atoms with E-state index in [1.165, 1.54) is 14.1 Å². The molecule has 7 nitrogen and oxygen atoms in total. The molecule has 23 heavy (non-hydrogen) atoms. The summed E-state index contributed by atoms with van der Waals surface area (Å²) in [4.78, 5) is 28.2. The molecule has 1 aliphatic heterocycles. The molecule has 132 valence electrons. The third-order valence-corrected chi connectivity index (χ3v) is 6.40. The maximum atomic E-state index is 12.4. The smallest absolute Gasteiger partial charge is 0.225 e. The van der Waals surface area contributed by atoms with Gasteiger partial charge < -0.3 is 9.80 Å². The molecule has 0 radical (unpaired) electrons. The highest BCUT2D eigenvalue weighted by atomic mass is 32.2. The standard InChI is InChI=1S/C15H27N3O4S/c1-15(2)11-17(14(20)12-5-6-12)8-9-18(15)13(19)7-10-23(21,22)16(3)4/h12H,5-11H2,1-4H3. The van der Waals surface area contributed by atoms with Gasteiger partial charge in [0.15, 0.2) is 0 Å². The predicted molar refractivity (Wildman–Crippen MR) is 87.2 cm³/mol. The van der Waals surface area contributed by atoms with Crippen LogP contribution in [0.3, 0.4) is 0 Å². The Balaban J connectivity index is 1.95. The van der Waals surface area contributed by atoms with E-state index in [9.17, 15) is 18.0 Å². The Morgan fingerprint density at radius 2 is 1.78 bits per heavy atom. The number of carbonyl (C=O) groups is 2. The normalized spacial score (nSPS) is 21.6. The molecule has 0 aromatic carbocycles. The summed E-state index contributed by atoms with van der Waals surface area (Å²) in [5, 5.41) is 0. The van der Waals surface area contributed by atoms with E-state index >= 15 is 0 Å². The second kappa shape index (κ2) is 6.39. The van der Waals surface area contributed by atoms with Crippen LogP contribution in [-0.4, -0.2) is 79.4 Å². The number of amides is 2. The topological polar surface area (TPSA) is 78.0 Å². The average Bonchev–Trinajstić information content (AvgIpc) is 3.27. The lowest BCUT2D eigenvalue weighted by atomic mass is 9.97. The van der Waals surface area contributed by atoms with Gasteiger partial charge in [0.2, 0.25) is 21.8 Å². The summed E-state index contributed by atoms with van der Waals surface area (Å²) in [7, 11) is -0.446. The third kappa shape index (κ3) is 4.23. The molecule has 2 amide bonds. The molecule has 8 heteroatoms. The lowest BCUT2D eigenvalue weighted by molar-refractivity contribution is -0.147. The lowest BCUT2D eigenvalue weighted by Gasteiger charge is -2.47. The number of hydrogen-bond donors (Lipinski definition) is 0. The Morgan fingerprint density at radius 1 is 1.17 bits per heavy atom. The molecule has 0 aromatic heterocycles. The number of sulfonamides is 1. The van der Waals surface area contributed by atoms with Crippen molar-refractivity contribution in [2.45, 2.75) is 38.6 Å². The van der Waals surface area contributed by atoms with E-state index in [2.05, 4.69) is 0 Å². The van der Waals surface area contributed by atoms with E-state index in [1.54, 1.807) is 4.90 Å². The van der Waals surface area contributed by atoms with Crippen molar-refractivity contribution in [3.05, 3.63) is 0 Å². The van der Waals surface area contributed by atoms with Gasteiger partial charge in [0.05, 0.1) is 11.3 Å². The number of hydrogen-bond acceptors (Lipinski definition) is 4. The van der Waals surface area contributed by atoms with E-state index < -0.39 is 15.6 Å². The molecule has 0 bridgehead atoms. The highest BCUT2D eigenvalue weighted by Crippen LogP contribution is 2.33. The number of rotatable bonds is 5. The van der Waals surface area contributed by atoms with Crippen molar-refractivity contribution in [3.63, 3.8) is 0 Å². The fourth-order valence-corrected chi connectivity index (χ4v) is 3.73. The molecule has 2 fully saturated rings. The van der Waals surface area contributed by atoms with Crippen molar-refractivity contribution in [3.8, 4) is 0 Å². The maximum Gasteiger partial charge on any atom is 0.225 e. The van der Waals surface area contributed by atoms with Crippen LogP contribution in [0.15, 0.2) is 0 Å². The molecule has 0 unspecified atom stereocenters. The molecular formula is C15H27N3O4S. The average molecular weight is 345 g/mol. The predicted octanol–water partition coefficient (Wildman–Crippen LogP) is 0.127. The second-order valence-electron chi connectivity index (χ2n) is 7.24. The number of carbonyl (C=O) groups excluding carboxylic acids is 2. The minimum Gasteiger partial charge on any atom is -0.338 e. The van der Waals surface area contributed by atoms with Crippen molar-refractivity contribution in [2.75, 3.05) is 39.5 Å². The van der Waals surface area contributed by atoms with Crippen molar-refractivity contribution in [1.82, 2.24) is 14.1 Å². The summed E-state index contributed by atoms with van der Waals surface area (Å²) in [5.74, 6) is 0.0217. The number of nitrogens with zero attached hydrogens (tertiary/aromatic N) is 3. The van der Waals surface area contributed by atoms with Crippen molar-refractivity contribution < 1.29 is 18.0 Å². The van der Waals surface area contributed by atoms with Gasteiger partial charge in [0.25, 0.3) is 0 Å².